The van der Waals surface area contributed by atoms with Crippen molar-refractivity contribution in [2.75, 3.05) is 24.5 Å². The molecular weight excluding hydrogens is 324 g/mol. The number of hydrogen-bond acceptors (Lipinski definition) is 5. The summed E-state index contributed by atoms with van der Waals surface area (Å²) in [6.45, 7) is 7.20. The van der Waals surface area contributed by atoms with Gasteiger partial charge >= 0.3 is 0 Å². The smallest absolute Gasteiger partial charge is 0.0835 e. The van der Waals surface area contributed by atoms with E-state index in [-0.39, 0.29) is 6.04 Å². The van der Waals surface area contributed by atoms with Gasteiger partial charge in [-0.2, -0.15) is 0 Å². The van der Waals surface area contributed by atoms with Crippen molar-refractivity contribution in [3.05, 3.63) is 65.7 Å². The monoisotopic (exact) mass is 356 g/mol. The van der Waals surface area contributed by atoms with Crippen LogP contribution >= 0.6 is 0 Å². The third-order valence-corrected chi connectivity index (χ3v) is 4.68. The molecule has 5 nitrogen and oxygen atoms in total. The molecule has 142 valence electrons. The highest BCUT2D eigenvalue weighted by molar-refractivity contribution is 5.47. The van der Waals surface area contributed by atoms with E-state index in [9.17, 15) is 5.11 Å². The van der Waals surface area contributed by atoms with Crippen molar-refractivity contribution < 1.29 is 5.11 Å². The Morgan fingerprint density at radius 1 is 0.923 bits per heavy atom. The van der Waals surface area contributed by atoms with E-state index in [1.165, 1.54) is 5.69 Å². The number of hydrazine groups is 1. The van der Waals surface area contributed by atoms with Crippen LogP contribution in [0.2, 0.25) is 0 Å². The molecule has 2 aromatic carbocycles. The summed E-state index contributed by atoms with van der Waals surface area (Å²) in [4.78, 5) is 2.30. The van der Waals surface area contributed by atoms with Crippen molar-refractivity contribution in [2.24, 2.45) is 11.6 Å². The molecule has 2 rings (SSSR count). The van der Waals surface area contributed by atoms with Crippen LogP contribution < -0.4 is 16.5 Å². The van der Waals surface area contributed by atoms with Crippen LogP contribution in [0.5, 0.6) is 0 Å². The van der Waals surface area contributed by atoms with E-state index in [2.05, 4.69) is 43.0 Å². The van der Waals surface area contributed by atoms with Gasteiger partial charge in [0.2, 0.25) is 0 Å². The van der Waals surface area contributed by atoms with Gasteiger partial charge in [-0.05, 0) is 43.5 Å². The van der Waals surface area contributed by atoms with E-state index in [4.69, 9.17) is 11.6 Å². The first kappa shape index (κ1) is 20.4. The zero-order valence-electron chi connectivity index (χ0n) is 15.9. The zero-order valence-corrected chi connectivity index (χ0v) is 15.9. The van der Waals surface area contributed by atoms with E-state index in [0.717, 1.165) is 24.2 Å². The molecule has 0 radical (unpaired) electrons. The number of anilines is 1. The Morgan fingerprint density at radius 3 is 2.12 bits per heavy atom. The van der Waals surface area contributed by atoms with Crippen molar-refractivity contribution in [3.8, 4) is 0 Å². The van der Waals surface area contributed by atoms with Gasteiger partial charge in [-0.15, -0.1) is 0 Å². The Morgan fingerprint density at radius 2 is 1.54 bits per heavy atom. The van der Waals surface area contributed by atoms with Crippen molar-refractivity contribution in [2.45, 2.75) is 39.0 Å². The number of aliphatic hydroxyl groups is 1. The third-order valence-electron chi connectivity index (χ3n) is 4.68. The molecule has 2 aromatic rings. The standard InChI is InChI=1S/C21H32N4O/c1-3-24(4-2)19-12-10-18(11-13-19)15-25(23)16-21(26)20(22)14-17-8-6-5-7-9-17/h5-13,20-21,26H,3-4,14-16,22-23H2,1-2H3. The van der Waals surface area contributed by atoms with Crippen LogP contribution in [0.15, 0.2) is 54.6 Å². The predicted octanol–water partition coefficient (Wildman–Crippen LogP) is 2.14. The Bertz CT molecular complexity index is 628. The fraction of sp³-hybridized carbons (Fsp3) is 0.429. The van der Waals surface area contributed by atoms with Gasteiger partial charge in [0.25, 0.3) is 0 Å². The molecule has 0 aliphatic rings. The summed E-state index contributed by atoms with van der Waals surface area (Å²) in [5.41, 5.74) is 9.59. The normalized spacial score (nSPS) is 13.6. The lowest BCUT2D eigenvalue weighted by molar-refractivity contribution is 0.0877. The van der Waals surface area contributed by atoms with E-state index < -0.39 is 6.10 Å². The minimum atomic E-state index is -0.671. The van der Waals surface area contributed by atoms with Crippen molar-refractivity contribution >= 4 is 5.69 Å². The van der Waals surface area contributed by atoms with Crippen LogP contribution in [0.25, 0.3) is 0 Å². The molecule has 0 bridgehead atoms. The average molecular weight is 357 g/mol. The van der Waals surface area contributed by atoms with E-state index in [0.29, 0.717) is 19.5 Å². The summed E-state index contributed by atoms with van der Waals surface area (Å²) < 4.78 is 0. The molecule has 2 unspecified atom stereocenters. The zero-order chi connectivity index (χ0) is 18.9. The highest BCUT2D eigenvalue weighted by Crippen LogP contribution is 2.15. The third kappa shape index (κ3) is 6.11. The summed E-state index contributed by atoms with van der Waals surface area (Å²) in [6.07, 6.45) is -0.0378. The highest BCUT2D eigenvalue weighted by Gasteiger charge is 2.17. The Labute approximate surface area is 157 Å². The molecule has 2 atom stereocenters. The highest BCUT2D eigenvalue weighted by atomic mass is 16.3. The van der Waals surface area contributed by atoms with Gasteiger partial charge in [0.15, 0.2) is 0 Å². The van der Waals surface area contributed by atoms with Crippen molar-refractivity contribution in [1.29, 1.82) is 0 Å². The number of hydrogen-bond donors (Lipinski definition) is 3. The van der Waals surface area contributed by atoms with E-state index >= 15 is 0 Å². The summed E-state index contributed by atoms with van der Waals surface area (Å²) in [7, 11) is 0. The van der Waals surface area contributed by atoms with Gasteiger partial charge in [0.05, 0.1) is 6.10 Å². The first-order valence-electron chi connectivity index (χ1n) is 9.34. The van der Waals surface area contributed by atoms with Crippen molar-refractivity contribution in [1.82, 2.24) is 5.01 Å². The predicted molar refractivity (Wildman–Crippen MR) is 109 cm³/mol. The first-order chi connectivity index (χ1) is 12.5. The average Bonchev–Trinajstić information content (AvgIpc) is 2.64. The lowest BCUT2D eigenvalue weighted by Crippen LogP contribution is -2.46. The van der Waals surface area contributed by atoms with Crippen molar-refractivity contribution in [3.63, 3.8) is 0 Å². The molecule has 0 aromatic heterocycles. The second-order valence-electron chi connectivity index (χ2n) is 6.69. The molecule has 0 heterocycles. The second-order valence-corrected chi connectivity index (χ2v) is 6.69. The summed E-state index contributed by atoms with van der Waals surface area (Å²) >= 11 is 0. The maximum Gasteiger partial charge on any atom is 0.0835 e. The van der Waals surface area contributed by atoms with E-state index in [1.54, 1.807) is 5.01 Å². The molecule has 0 amide bonds. The largest absolute Gasteiger partial charge is 0.390 e. The van der Waals surface area contributed by atoms with Gasteiger partial charge in [0, 0.05) is 37.9 Å². The maximum absolute atomic E-state index is 10.4. The topological polar surface area (TPSA) is 78.8 Å². The second kappa shape index (κ2) is 10.3. The summed E-state index contributed by atoms with van der Waals surface area (Å²) in [6, 6.07) is 18.0. The molecule has 0 fully saturated rings. The number of rotatable bonds is 10. The summed E-state index contributed by atoms with van der Waals surface area (Å²) in [5.74, 6) is 6.10. The molecule has 0 aliphatic carbocycles. The van der Waals surface area contributed by atoms with Gasteiger partial charge in [-0.3, -0.25) is 5.84 Å². The SMILES string of the molecule is CCN(CC)c1ccc(CN(N)CC(O)C(N)Cc2ccccc2)cc1. The molecule has 0 spiro atoms. The fourth-order valence-corrected chi connectivity index (χ4v) is 3.10. The minimum absolute atomic E-state index is 0.339. The Balaban J connectivity index is 1.84. The van der Waals surface area contributed by atoms with Gasteiger partial charge in [-0.1, -0.05) is 42.5 Å². The lowest BCUT2D eigenvalue weighted by atomic mass is 10.0. The number of aliphatic hydroxyl groups excluding tert-OH is 1. The van der Waals surface area contributed by atoms with Gasteiger partial charge < -0.3 is 15.7 Å². The van der Waals surface area contributed by atoms with Crippen LogP contribution in [0.4, 0.5) is 5.69 Å². The Hall–Kier alpha value is -1.92. The van der Waals surface area contributed by atoms with Crippen LogP contribution in [0, 0.1) is 0 Å². The number of nitrogens with two attached hydrogens (primary N) is 2. The fourth-order valence-electron chi connectivity index (χ4n) is 3.10. The summed E-state index contributed by atoms with van der Waals surface area (Å²) in [5, 5.41) is 12.0. The van der Waals surface area contributed by atoms with Crippen LogP contribution in [0.1, 0.15) is 25.0 Å². The maximum atomic E-state index is 10.4. The quantitative estimate of drug-likeness (QED) is 0.449. The van der Waals surface area contributed by atoms with E-state index in [1.807, 2.05) is 30.3 Å². The van der Waals surface area contributed by atoms with Gasteiger partial charge in [-0.25, -0.2) is 5.01 Å². The molecular formula is C21H32N4O. The molecule has 0 saturated heterocycles. The molecule has 5 N–H and O–H groups in total. The number of benzene rings is 2. The molecule has 0 saturated carbocycles. The molecule has 26 heavy (non-hydrogen) atoms. The van der Waals surface area contributed by atoms with Gasteiger partial charge in [0.1, 0.15) is 0 Å². The number of nitrogens with zero attached hydrogens (tertiary/aromatic N) is 2. The van der Waals surface area contributed by atoms with Crippen LogP contribution in [-0.4, -0.2) is 41.9 Å². The van der Waals surface area contributed by atoms with Crippen LogP contribution in [-0.2, 0) is 13.0 Å². The molecule has 5 heteroatoms. The minimum Gasteiger partial charge on any atom is -0.390 e. The first-order valence-corrected chi connectivity index (χ1v) is 9.34. The van der Waals surface area contributed by atoms with Crippen LogP contribution in [0.3, 0.4) is 0 Å². The molecule has 0 aliphatic heterocycles. The Kier molecular flexibility index (Phi) is 8.06. The lowest BCUT2D eigenvalue weighted by Gasteiger charge is -2.25.